The number of nitrogens with one attached hydrogen (secondary N) is 1. The summed E-state index contributed by atoms with van der Waals surface area (Å²) in [5.41, 5.74) is 3.19. The second-order valence-electron chi connectivity index (χ2n) is 8.81. The molecule has 2 aliphatic heterocycles. The first-order valence-electron chi connectivity index (χ1n) is 11.5. The Labute approximate surface area is 193 Å². The zero-order chi connectivity index (χ0) is 22.1. The summed E-state index contributed by atoms with van der Waals surface area (Å²) in [7, 11) is 3.91. The lowest BCUT2D eigenvalue weighted by Gasteiger charge is -2.36. The number of piperazine rings is 1. The van der Waals surface area contributed by atoms with Gasteiger partial charge in [-0.3, -0.25) is 10.3 Å². The molecule has 2 aliphatic rings. The Morgan fingerprint density at radius 2 is 1.91 bits per heavy atom. The van der Waals surface area contributed by atoms with Gasteiger partial charge in [0.05, 0.1) is 24.5 Å². The summed E-state index contributed by atoms with van der Waals surface area (Å²) in [6, 6.07) is 8.28. The Morgan fingerprint density at radius 3 is 2.72 bits per heavy atom. The molecular formula is C24H32N6OS. The van der Waals surface area contributed by atoms with Crippen LogP contribution in [0.5, 0.6) is 5.75 Å². The van der Waals surface area contributed by atoms with Gasteiger partial charge in [-0.25, -0.2) is 4.98 Å². The van der Waals surface area contributed by atoms with E-state index >= 15 is 0 Å². The van der Waals surface area contributed by atoms with Crippen molar-refractivity contribution in [2.45, 2.75) is 25.9 Å². The van der Waals surface area contributed by atoms with Crippen LogP contribution < -0.4 is 15.1 Å². The van der Waals surface area contributed by atoms with Gasteiger partial charge in [0.15, 0.2) is 0 Å². The summed E-state index contributed by atoms with van der Waals surface area (Å²) in [6.07, 6.45) is 3.93. The molecule has 0 spiro atoms. The van der Waals surface area contributed by atoms with Gasteiger partial charge in [0.2, 0.25) is 0 Å². The summed E-state index contributed by atoms with van der Waals surface area (Å²) in [4.78, 5) is 14.4. The highest BCUT2D eigenvalue weighted by Gasteiger charge is 2.22. The maximum atomic E-state index is 8.81. The van der Waals surface area contributed by atoms with Gasteiger partial charge in [-0.1, -0.05) is 12.1 Å². The molecule has 8 heteroatoms. The molecule has 3 aromatic rings. The predicted molar refractivity (Wildman–Crippen MR) is 130 cm³/mol. The Bertz CT molecular complexity index is 1150. The number of aromatic nitrogens is 2. The minimum absolute atomic E-state index is 0.637. The van der Waals surface area contributed by atoms with Crippen molar-refractivity contribution >= 4 is 27.2 Å². The molecule has 0 unspecified atom stereocenters. The smallest absolute Gasteiger partial charge is 0.142 e. The lowest BCUT2D eigenvalue weighted by molar-refractivity contribution is 0.249. The zero-order valence-electron chi connectivity index (χ0n) is 19.0. The summed E-state index contributed by atoms with van der Waals surface area (Å²) in [6.45, 7) is 8.08. The third-order valence-corrected chi connectivity index (χ3v) is 7.86. The van der Waals surface area contributed by atoms with E-state index in [0.717, 1.165) is 81.2 Å². The molecule has 1 fully saturated rings. The van der Waals surface area contributed by atoms with Crippen molar-refractivity contribution < 1.29 is 4.74 Å². The Balaban J connectivity index is 1.19. The number of anilines is 1. The number of ether oxygens (including phenoxy) is 1. The van der Waals surface area contributed by atoms with Crippen LogP contribution in [-0.4, -0.2) is 72.8 Å². The van der Waals surface area contributed by atoms with Crippen LogP contribution in [0.25, 0.3) is 10.2 Å². The van der Waals surface area contributed by atoms with Crippen LogP contribution in [0.3, 0.4) is 0 Å². The normalized spacial score (nSPS) is 17.6. The van der Waals surface area contributed by atoms with E-state index in [1.165, 1.54) is 16.1 Å². The summed E-state index contributed by atoms with van der Waals surface area (Å²) >= 11 is 1.77. The van der Waals surface area contributed by atoms with E-state index in [1.54, 1.807) is 18.4 Å². The SMILES string of the molecule is COc1ccccc1N1CCN(CCCn2cnc3sc4c(c3c2=N)CCN(C)C4)CC1. The number of thiophene rings is 1. The molecule has 32 heavy (non-hydrogen) atoms. The molecule has 1 aromatic carbocycles. The minimum atomic E-state index is 0.637. The molecular weight excluding hydrogens is 420 g/mol. The number of hydrogen-bond donors (Lipinski definition) is 1. The van der Waals surface area contributed by atoms with E-state index in [-0.39, 0.29) is 0 Å². The monoisotopic (exact) mass is 452 g/mol. The quantitative estimate of drug-likeness (QED) is 0.623. The van der Waals surface area contributed by atoms with Crippen molar-refractivity contribution in [2.75, 3.05) is 58.3 Å². The molecule has 0 aliphatic carbocycles. The van der Waals surface area contributed by atoms with Crippen molar-refractivity contribution in [3.05, 3.63) is 46.5 Å². The minimum Gasteiger partial charge on any atom is -0.495 e. The highest BCUT2D eigenvalue weighted by atomic mass is 32.1. The molecule has 0 saturated carbocycles. The topological polar surface area (TPSA) is 60.6 Å². The Hall–Kier alpha value is -2.42. The summed E-state index contributed by atoms with van der Waals surface area (Å²) in [5, 5.41) is 9.90. The molecule has 2 aromatic heterocycles. The van der Waals surface area contributed by atoms with Gasteiger partial charge < -0.3 is 19.1 Å². The van der Waals surface area contributed by atoms with E-state index in [9.17, 15) is 0 Å². The van der Waals surface area contributed by atoms with Crippen molar-refractivity contribution in [1.82, 2.24) is 19.4 Å². The van der Waals surface area contributed by atoms with E-state index < -0.39 is 0 Å². The second-order valence-corrected chi connectivity index (χ2v) is 9.90. The molecule has 1 saturated heterocycles. The number of hydrogen-bond acceptors (Lipinski definition) is 7. The van der Waals surface area contributed by atoms with Crippen LogP contribution in [0.2, 0.25) is 0 Å². The standard InChI is InChI=1S/C24H32N6OS/c1-27-11-8-18-21(16-27)32-24-22(18)23(25)30(17-26-24)10-5-9-28-12-14-29(15-13-28)19-6-3-4-7-20(19)31-2/h3-4,6-7,17,25H,5,8-16H2,1-2H3. The van der Waals surface area contributed by atoms with Gasteiger partial charge in [-0.2, -0.15) is 0 Å². The first kappa shape index (κ1) is 21.4. The van der Waals surface area contributed by atoms with Gasteiger partial charge in [0.1, 0.15) is 16.1 Å². The zero-order valence-corrected chi connectivity index (χ0v) is 19.8. The third kappa shape index (κ3) is 4.14. The fourth-order valence-electron chi connectivity index (χ4n) is 4.91. The Morgan fingerprint density at radius 1 is 1.09 bits per heavy atom. The largest absolute Gasteiger partial charge is 0.495 e. The molecule has 0 bridgehead atoms. The number of likely N-dealkylation sites (N-methyl/N-ethyl adjacent to an activating group) is 1. The van der Waals surface area contributed by atoms with Crippen molar-refractivity contribution in [3.63, 3.8) is 0 Å². The molecule has 5 rings (SSSR count). The molecule has 0 amide bonds. The summed E-state index contributed by atoms with van der Waals surface area (Å²) < 4.78 is 7.57. The van der Waals surface area contributed by atoms with Crippen molar-refractivity contribution in [2.24, 2.45) is 0 Å². The molecule has 4 heterocycles. The fourth-order valence-corrected chi connectivity index (χ4v) is 6.18. The third-order valence-electron chi connectivity index (χ3n) is 6.74. The van der Waals surface area contributed by atoms with Gasteiger partial charge in [-0.05, 0) is 44.1 Å². The molecule has 0 radical (unpaired) electrons. The Kier molecular flexibility index (Phi) is 6.17. The lowest BCUT2D eigenvalue weighted by atomic mass is 10.1. The number of methoxy groups -OCH3 is 1. The first-order valence-corrected chi connectivity index (χ1v) is 12.3. The van der Waals surface area contributed by atoms with E-state index in [0.29, 0.717) is 5.49 Å². The highest BCUT2D eigenvalue weighted by Crippen LogP contribution is 2.32. The average Bonchev–Trinajstić information content (AvgIpc) is 3.19. The van der Waals surface area contributed by atoms with Crippen LogP contribution in [0.15, 0.2) is 30.6 Å². The number of para-hydroxylation sites is 2. The molecule has 0 atom stereocenters. The van der Waals surface area contributed by atoms with Crippen molar-refractivity contribution in [1.29, 1.82) is 5.41 Å². The number of benzene rings is 1. The fraction of sp³-hybridized carbons (Fsp3) is 0.500. The van der Waals surface area contributed by atoms with Crippen LogP contribution in [0.4, 0.5) is 5.69 Å². The number of aryl methyl sites for hydroxylation is 1. The highest BCUT2D eigenvalue weighted by molar-refractivity contribution is 7.18. The lowest BCUT2D eigenvalue weighted by Crippen LogP contribution is -2.46. The first-order chi connectivity index (χ1) is 15.6. The number of nitrogens with zero attached hydrogens (tertiary/aromatic N) is 5. The van der Waals surface area contributed by atoms with Gasteiger partial charge in [-0.15, -0.1) is 11.3 Å². The predicted octanol–water partition coefficient (Wildman–Crippen LogP) is 2.79. The van der Waals surface area contributed by atoms with E-state index in [2.05, 4.69) is 33.9 Å². The van der Waals surface area contributed by atoms with Crippen LogP contribution in [0.1, 0.15) is 16.9 Å². The molecule has 1 N–H and O–H groups in total. The maximum absolute atomic E-state index is 8.81. The number of rotatable bonds is 6. The number of fused-ring (bicyclic) bond motifs is 3. The van der Waals surface area contributed by atoms with Crippen LogP contribution in [-0.2, 0) is 19.5 Å². The summed E-state index contributed by atoms with van der Waals surface area (Å²) in [5.74, 6) is 0.950. The van der Waals surface area contributed by atoms with Gasteiger partial charge >= 0.3 is 0 Å². The van der Waals surface area contributed by atoms with Gasteiger partial charge in [0.25, 0.3) is 0 Å². The van der Waals surface area contributed by atoms with Gasteiger partial charge in [0, 0.05) is 50.7 Å². The van der Waals surface area contributed by atoms with E-state index in [4.69, 9.17) is 15.1 Å². The van der Waals surface area contributed by atoms with Crippen molar-refractivity contribution in [3.8, 4) is 5.75 Å². The molecule has 7 nitrogen and oxygen atoms in total. The maximum Gasteiger partial charge on any atom is 0.142 e. The van der Waals surface area contributed by atoms with Crippen LogP contribution in [0, 0.1) is 5.41 Å². The van der Waals surface area contributed by atoms with Crippen LogP contribution >= 0.6 is 11.3 Å². The molecule has 170 valence electrons. The average molecular weight is 453 g/mol. The second kappa shape index (κ2) is 9.21. The van der Waals surface area contributed by atoms with E-state index in [1.807, 2.05) is 23.0 Å².